The molecule has 0 spiro atoms. The summed E-state index contributed by atoms with van der Waals surface area (Å²) in [5.41, 5.74) is 0.383. The summed E-state index contributed by atoms with van der Waals surface area (Å²) in [5.74, 6) is -0.701. The zero-order valence-corrected chi connectivity index (χ0v) is 16.5. The number of amides is 1. The summed E-state index contributed by atoms with van der Waals surface area (Å²) in [7, 11) is 1.25. The Bertz CT molecular complexity index is 899. The maximum atomic E-state index is 12.6. The number of nitro benzene ring substituents is 1. The van der Waals surface area contributed by atoms with Gasteiger partial charge in [-0.3, -0.25) is 24.5 Å². The first-order valence-corrected chi connectivity index (χ1v) is 9.20. The number of hydrogen-bond acceptors (Lipinski definition) is 7. The smallest absolute Gasteiger partial charge is 0.325 e. The highest BCUT2D eigenvalue weighted by Gasteiger charge is 2.19. The van der Waals surface area contributed by atoms with Gasteiger partial charge >= 0.3 is 5.97 Å². The summed E-state index contributed by atoms with van der Waals surface area (Å²) >= 11 is 0. The summed E-state index contributed by atoms with van der Waals surface area (Å²) in [5, 5.41) is 11.0. The Balaban J connectivity index is 1.95. The van der Waals surface area contributed by atoms with Crippen LogP contribution in [0.25, 0.3) is 0 Å². The largest absolute Gasteiger partial charge is 0.493 e. The van der Waals surface area contributed by atoms with E-state index in [4.69, 9.17) is 4.74 Å². The van der Waals surface area contributed by atoms with Crippen LogP contribution in [0.5, 0.6) is 5.75 Å². The zero-order valence-electron chi connectivity index (χ0n) is 16.5. The van der Waals surface area contributed by atoms with Crippen LogP contribution in [0.2, 0.25) is 0 Å². The zero-order chi connectivity index (χ0) is 21.9. The van der Waals surface area contributed by atoms with Gasteiger partial charge in [0.2, 0.25) is 5.91 Å². The minimum absolute atomic E-state index is 0.0746. The number of hydrogen-bond donors (Lipinski definition) is 0. The third-order valence-electron chi connectivity index (χ3n) is 4.27. The van der Waals surface area contributed by atoms with Crippen molar-refractivity contribution in [2.24, 2.45) is 0 Å². The van der Waals surface area contributed by atoms with Gasteiger partial charge in [0.1, 0.15) is 17.9 Å². The van der Waals surface area contributed by atoms with E-state index < -0.39 is 10.9 Å². The number of aldehydes is 1. The van der Waals surface area contributed by atoms with E-state index in [1.165, 1.54) is 30.2 Å². The molecule has 2 rings (SSSR count). The van der Waals surface area contributed by atoms with Gasteiger partial charge < -0.3 is 14.4 Å². The molecule has 2 aromatic rings. The number of rotatable bonds is 11. The van der Waals surface area contributed by atoms with E-state index >= 15 is 0 Å². The Labute approximate surface area is 173 Å². The molecule has 158 valence electrons. The van der Waals surface area contributed by atoms with E-state index in [0.717, 1.165) is 5.56 Å². The molecule has 0 atom stereocenters. The fourth-order valence-electron chi connectivity index (χ4n) is 2.76. The van der Waals surface area contributed by atoms with Crippen molar-refractivity contribution in [2.75, 3.05) is 20.3 Å². The highest BCUT2D eigenvalue weighted by molar-refractivity contribution is 5.85. The second-order valence-electron chi connectivity index (χ2n) is 6.33. The molecule has 0 aliphatic rings. The van der Waals surface area contributed by atoms with Crippen LogP contribution >= 0.6 is 0 Å². The molecule has 0 heterocycles. The number of ether oxygens (including phenoxy) is 2. The van der Waals surface area contributed by atoms with Crippen LogP contribution in [-0.4, -0.2) is 48.2 Å². The van der Waals surface area contributed by atoms with Crippen LogP contribution < -0.4 is 4.74 Å². The van der Waals surface area contributed by atoms with Crippen molar-refractivity contribution in [3.8, 4) is 5.75 Å². The van der Waals surface area contributed by atoms with E-state index in [1.807, 2.05) is 30.3 Å². The monoisotopic (exact) mass is 414 g/mol. The Hall–Kier alpha value is -3.75. The van der Waals surface area contributed by atoms with Crippen LogP contribution in [0.4, 0.5) is 5.69 Å². The van der Waals surface area contributed by atoms with Crippen molar-refractivity contribution >= 4 is 23.9 Å². The molecule has 0 N–H and O–H groups in total. The lowest BCUT2D eigenvalue weighted by Gasteiger charge is -2.21. The van der Waals surface area contributed by atoms with Crippen molar-refractivity contribution in [3.63, 3.8) is 0 Å². The van der Waals surface area contributed by atoms with Gasteiger partial charge in [-0.1, -0.05) is 36.4 Å². The van der Waals surface area contributed by atoms with Crippen molar-refractivity contribution < 1.29 is 28.8 Å². The normalized spacial score (nSPS) is 10.2. The van der Waals surface area contributed by atoms with Crippen LogP contribution in [0.15, 0.2) is 48.5 Å². The van der Waals surface area contributed by atoms with Crippen LogP contribution in [0, 0.1) is 10.1 Å². The number of benzene rings is 2. The van der Waals surface area contributed by atoms with Crippen LogP contribution in [0.3, 0.4) is 0 Å². The van der Waals surface area contributed by atoms with Gasteiger partial charge in [-0.05, 0) is 18.1 Å². The summed E-state index contributed by atoms with van der Waals surface area (Å²) in [4.78, 5) is 47.2. The molecule has 0 fully saturated rings. The van der Waals surface area contributed by atoms with Crippen LogP contribution in [-0.2, 0) is 20.9 Å². The molecule has 9 nitrogen and oxygen atoms in total. The third kappa shape index (κ3) is 6.40. The van der Waals surface area contributed by atoms with Crippen LogP contribution in [0.1, 0.15) is 28.8 Å². The van der Waals surface area contributed by atoms with Gasteiger partial charge in [0.15, 0.2) is 6.29 Å². The summed E-state index contributed by atoms with van der Waals surface area (Å²) in [6.07, 6.45) is 0.762. The topological polar surface area (TPSA) is 116 Å². The maximum Gasteiger partial charge on any atom is 0.325 e. The molecule has 30 heavy (non-hydrogen) atoms. The summed E-state index contributed by atoms with van der Waals surface area (Å²) in [6.45, 7) is 0.159. The van der Waals surface area contributed by atoms with E-state index in [9.17, 15) is 24.5 Å². The number of nitrogens with zero attached hydrogens (tertiary/aromatic N) is 2. The molecule has 0 aliphatic heterocycles. The average molecular weight is 414 g/mol. The molecule has 2 aromatic carbocycles. The van der Waals surface area contributed by atoms with Gasteiger partial charge in [0.25, 0.3) is 5.69 Å². The maximum absolute atomic E-state index is 12.6. The van der Waals surface area contributed by atoms with Crippen molar-refractivity contribution in [3.05, 3.63) is 69.8 Å². The minimum Gasteiger partial charge on any atom is -0.493 e. The van der Waals surface area contributed by atoms with E-state index in [2.05, 4.69) is 4.74 Å². The predicted octanol–water partition coefficient (Wildman–Crippen LogP) is 2.77. The number of esters is 1. The van der Waals surface area contributed by atoms with Crippen molar-refractivity contribution in [2.45, 2.75) is 19.4 Å². The SMILES string of the molecule is COC(=O)CN(Cc1ccccc1)C(=O)CCCOc1cccc([N+](=O)[O-])c1C=O. The van der Waals surface area contributed by atoms with Gasteiger partial charge in [-0.2, -0.15) is 0 Å². The molecular weight excluding hydrogens is 392 g/mol. The second-order valence-corrected chi connectivity index (χ2v) is 6.33. The molecule has 0 saturated heterocycles. The minimum atomic E-state index is -0.658. The second kappa shape index (κ2) is 11.3. The lowest BCUT2D eigenvalue weighted by molar-refractivity contribution is -0.385. The molecule has 9 heteroatoms. The Morgan fingerprint density at radius 3 is 2.50 bits per heavy atom. The highest BCUT2D eigenvalue weighted by atomic mass is 16.6. The van der Waals surface area contributed by atoms with E-state index in [-0.39, 0.29) is 49.0 Å². The molecule has 0 aliphatic carbocycles. The number of methoxy groups -OCH3 is 1. The molecule has 1 amide bonds. The molecule has 0 aromatic heterocycles. The standard InChI is InChI=1S/C21H22N2O7/c1-29-21(26)14-22(13-16-7-3-2-4-8-16)20(25)11-6-12-30-19-10-5-9-18(23(27)28)17(19)15-24/h2-5,7-10,15H,6,11-14H2,1H3. The van der Waals surface area contributed by atoms with Gasteiger partial charge in [0, 0.05) is 19.0 Å². The fraction of sp³-hybridized carbons (Fsp3) is 0.286. The lowest BCUT2D eigenvalue weighted by Crippen LogP contribution is -2.35. The van der Waals surface area contributed by atoms with Gasteiger partial charge in [0.05, 0.1) is 18.6 Å². The molecule has 0 radical (unpaired) electrons. The lowest BCUT2D eigenvalue weighted by atomic mass is 10.1. The quantitative estimate of drug-likeness (QED) is 0.182. The Morgan fingerprint density at radius 1 is 1.13 bits per heavy atom. The van der Waals surface area contributed by atoms with Gasteiger partial charge in [-0.15, -0.1) is 0 Å². The Kier molecular flexibility index (Phi) is 8.49. The fourth-order valence-corrected chi connectivity index (χ4v) is 2.76. The number of nitro groups is 1. The first-order chi connectivity index (χ1) is 14.5. The summed E-state index contributed by atoms with van der Waals surface area (Å²) in [6, 6.07) is 13.3. The summed E-state index contributed by atoms with van der Waals surface area (Å²) < 4.78 is 10.1. The average Bonchev–Trinajstić information content (AvgIpc) is 2.76. The molecule has 0 bridgehead atoms. The van der Waals surface area contributed by atoms with Gasteiger partial charge in [-0.25, -0.2) is 0 Å². The third-order valence-corrected chi connectivity index (χ3v) is 4.27. The van der Waals surface area contributed by atoms with E-state index in [0.29, 0.717) is 12.7 Å². The van der Waals surface area contributed by atoms with Crippen molar-refractivity contribution in [1.29, 1.82) is 0 Å². The highest BCUT2D eigenvalue weighted by Crippen LogP contribution is 2.26. The predicted molar refractivity (Wildman–Crippen MR) is 107 cm³/mol. The molecular formula is C21H22N2O7. The Morgan fingerprint density at radius 2 is 1.87 bits per heavy atom. The first-order valence-electron chi connectivity index (χ1n) is 9.20. The number of carbonyl (C=O) groups excluding carboxylic acids is 3. The van der Waals surface area contributed by atoms with E-state index in [1.54, 1.807) is 0 Å². The van der Waals surface area contributed by atoms with Crippen molar-refractivity contribution in [1.82, 2.24) is 4.90 Å². The number of carbonyl (C=O) groups is 3. The first kappa shape index (κ1) is 22.5. The molecule has 0 saturated carbocycles. The molecule has 0 unspecified atom stereocenters.